The number of nitrogens with zero attached hydrogens (tertiary/aromatic N) is 1. The summed E-state index contributed by atoms with van der Waals surface area (Å²) in [6, 6.07) is 4.26. The highest BCUT2D eigenvalue weighted by atomic mass is 19.2. The quantitative estimate of drug-likeness (QED) is 0.828. The first-order valence-corrected chi connectivity index (χ1v) is 6.32. The number of nitrogens with two attached hydrogens (primary N) is 1. The van der Waals surface area contributed by atoms with Gasteiger partial charge in [-0.05, 0) is 18.6 Å². The van der Waals surface area contributed by atoms with Crippen LogP contribution in [0.1, 0.15) is 13.3 Å². The van der Waals surface area contributed by atoms with Crippen LogP contribution >= 0.6 is 0 Å². The minimum atomic E-state index is -1.28. The van der Waals surface area contributed by atoms with Crippen molar-refractivity contribution in [3.8, 4) is 5.88 Å². The Kier molecular flexibility index (Phi) is 4.52. The van der Waals surface area contributed by atoms with E-state index in [0.717, 1.165) is 12.5 Å². The second-order valence-electron chi connectivity index (χ2n) is 4.31. The highest BCUT2D eigenvalue weighted by Gasteiger charge is 2.12. The number of ether oxygens (including phenoxy) is 1. The van der Waals surface area contributed by atoms with Gasteiger partial charge in [0, 0.05) is 12.1 Å². The molecule has 0 bridgehead atoms. The minimum absolute atomic E-state index is 0.166. The van der Waals surface area contributed by atoms with Crippen LogP contribution in [0.3, 0.4) is 0 Å². The Hall–Kier alpha value is -2.44. The summed E-state index contributed by atoms with van der Waals surface area (Å²) in [7, 11) is 0. The van der Waals surface area contributed by atoms with Crippen molar-refractivity contribution in [2.45, 2.75) is 13.3 Å². The fourth-order valence-corrected chi connectivity index (χ4v) is 1.62. The van der Waals surface area contributed by atoms with Crippen LogP contribution in [-0.2, 0) is 0 Å². The van der Waals surface area contributed by atoms with Crippen LogP contribution < -0.4 is 15.8 Å². The zero-order chi connectivity index (χ0) is 15.4. The molecule has 2 aromatic rings. The van der Waals surface area contributed by atoms with E-state index in [1.54, 1.807) is 0 Å². The van der Waals surface area contributed by atoms with Crippen LogP contribution in [0.2, 0.25) is 0 Å². The summed E-state index contributed by atoms with van der Waals surface area (Å²) in [5.41, 5.74) is 5.66. The molecule has 1 aromatic carbocycles. The van der Waals surface area contributed by atoms with E-state index >= 15 is 0 Å². The molecular formula is C14H14F3N3O. The third kappa shape index (κ3) is 3.56. The summed E-state index contributed by atoms with van der Waals surface area (Å²) in [5.74, 6) is -3.02. The van der Waals surface area contributed by atoms with Crippen molar-refractivity contribution in [1.29, 1.82) is 0 Å². The highest BCUT2D eigenvalue weighted by molar-refractivity contribution is 5.61. The van der Waals surface area contributed by atoms with Gasteiger partial charge in [0.15, 0.2) is 11.6 Å². The molecule has 0 amide bonds. The van der Waals surface area contributed by atoms with Gasteiger partial charge in [0.05, 0.1) is 18.0 Å². The standard InChI is InChI=1S/C14H14F3N3O/c1-2-5-21-14-10(18)3-4-12(20-14)19-11-7-8(15)6-9(16)13(11)17/h3-4,6-7H,2,5,18H2,1H3,(H,19,20). The molecule has 0 spiro atoms. The summed E-state index contributed by atoms with van der Waals surface area (Å²) >= 11 is 0. The van der Waals surface area contributed by atoms with Gasteiger partial charge in [0.2, 0.25) is 5.88 Å². The van der Waals surface area contributed by atoms with E-state index in [-0.39, 0.29) is 17.4 Å². The maximum absolute atomic E-state index is 13.6. The Balaban J connectivity index is 2.27. The fraction of sp³-hybridized carbons (Fsp3) is 0.214. The Labute approximate surface area is 119 Å². The monoisotopic (exact) mass is 297 g/mol. The number of nitrogen functional groups attached to an aromatic ring is 1. The first-order valence-electron chi connectivity index (χ1n) is 6.32. The van der Waals surface area contributed by atoms with Gasteiger partial charge in [0.1, 0.15) is 11.6 Å². The summed E-state index contributed by atoms with van der Waals surface area (Å²) in [6.45, 7) is 2.34. The lowest BCUT2D eigenvalue weighted by Gasteiger charge is -2.11. The summed E-state index contributed by atoms with van der Waals surface area (Å²) in [5, 5.41) is 2.50. The van der Waals surface area contributed by atoms with E-state index in [2.05, 4.69) is 10.3 Å². The lowest BCUT2D eigenvalue weighted by Crippen LogP contribution is -2.04. The number of benzene rings is 1. The van der Waals surface area contributed by atoms with E-state index in [9.17, 15) is 13.2 Å². The number of hydrogen-bond acceptors (Lipinski definition) is 4. The predicted octanol–water partition coefficient (Wildman–Crippen LogP) is 3.61. The molecule has 0 radical (unpaired) electrons. The average Bonchev–Trinajstić information content (AvgIpc) is 2.44. The molecule has 0 saturated carbocycles. The topological polar surface area (TPSA) is 60.2 Å². The van der Waals surface area contributed by atoms with Gasteiger partial charge in [-0.25, -0.2) is 13.2 Å². The number of rotatable bonds is 5. The van der Waals surface area contributed by atoms with Gasteiger partial charge in [0.25, 0.3) is 0 Å². The van der Waals surface area contributed by atoms with Gasteiger partial charge in [-0.2, -0.15) is 4.98 Å². The maximum Gasteiger partial charge on any atom is 0.239 e. The van der Waals surface area contributed by atoms with Gasteiger partial charge in [-0.1, -0.05) is 6.92 Å². The zero-order valence-electron chi connectivity index (χ0n) is 11.3. The van der Waals surface area contributed by atoms with Crippen molar-refractivity contribution in [2.24, 2.45) is 0 Å². The highest BCUT2D eigenvalue weighted by Crippen LogP contribution is 2.26. The Morgan fingerprint density at radius 2 is 2.00 bits per heavy atom. The van der Waals surface area contributed by atoms with E-state index < -0.39 is 17.5 Å². The van der Waals surface area contributed by atoms with Crippen molar-refractivity contribution >= 4 is 17.2 Å². The van der Waals surface area contributed by atoms with Gasteiger partial charge in [-0.3, -0.25) is 0 Å². The van der Waals surface area contributed by atoms with Crippen molar-refractivity contribution in [3.05, 3.63) is 41.7 Å². The lowest BCUT2D eigenvalue weighted by atomic mass is 10.2. The van der Waals surface area contributed by atoms with Crippen molar-refractivity contribution in [1.82, 2.24) is 4.98 Å². The first-order chi connectivity index (χ1) is 10.0. The largest absolute Gasteiger partial charge is 0.476 e. The molecule has 2 rings (SSSR count). The molecule has 1 aromatic heterocycles. The van der Waals surface area contributed by atoms with Crippen LogP contribution in [0.4, 0.5) is 30.4 Å². The number of anilines is 3. The Morgan fingerprint density at radius 1 is 1.24 bits per heavy atom. The Morgan fingerprint density at radius 3 is 2.71 bits per heavy atom. The van der Waals surface area contributed by atoms with Crippen molar-refractivity contribution in [2.75, 3.05) is 17.7 Å². The molecule has 0 saturated heterocycles. The molecule has 21 heavy (non-hydrogen) atoms. The van der Waals surface area contributed by atoms with Gasteiger partial charge < -0.3 is 15.8 Å². The number of aromatic nitrogens is 1. The lowest BCUT2D eigenvalue weighted by molar-refractivity contribution is 0.307. The maximum atomic E-state index is 13.6. The average molecular weight is 297 g/mol. The van der Waals surface area contributed by atoms with Crippen LogP contribution in [0.25, 0.3) is 0 Å². The predicted molar refractivity (Wildman–Crippen MR) is 74.0 cm³/mol. The second kappa shape index (κ2) is 6.34. The molecule has 4 nitrogen and oxygen atoms in total. The molecule has 0 aliphatic heterocycles. The molecule has 0 unspecified atom stereocenters. The molecule has 0 atom stereocenters. The number of hydrogen-bond donors (Lipinski definition) is 2. The van der Waals surface area contributed by atoms with Gasteiger partial charge in [-0.15, -0.1) is 0 Å². The summed E-state index contributed by atoms with van der Waals surface area (Å²) < 4.78 is 45.1. The molecule has 112 valence electrons. The number of pyridine rings is 1. The van der Waals surface area contributed by atoms with Crippen LogP contribution in [0.5, 0.6) is 5.88 Å². The summed E-state index contributed by atoms with van der Waals surface area (Å²) in [4.78, 5) is 4.04. The molecule has 0 aliphatic rings. The third-order valence-electron chi connectivity index (χ3n) is 2.59. The van der Waals surface area contributed by atoms with Crippen LogP contribution in [0, 0.1) is 17.5 Å². The SMILES string of the molecule is CCCOc1nc(Nc2cc(F)cc(F)c2F)ccc1N. The van der Waals surface area contributed by atoms with Crippen molar-refractivity contribution < 1.29 is 17.9 Å². The summed E-state index contributed by atoms with van der Waals surface area (Å²) in [6.07, 6.45) is 0.766. The first kappa shape index (κ1) is 15.0. The van der Waals surface area contributed by atoms with E-state index in [1.165, 1.54) is 12.1 Å². The minimum Gasteiger partial charge on any atom is -0.476 e. The van der Waals surface area contributed by atoms with Gasteiger partial charge >= 0.3 is 0 Å². The molecule has 7 heteroatoms. The van der Waals surface area contributed by atoms with Crippen LogP contribution in [0.15, 0.2) is 24.3 Å². The Bertz CT molecular complexity index is 650. The second-order valence-corrected chi connectivity index (χ2v) is 4.31. The number of nitrogens with one attached hydrogen (secondary N) is 1. The molecular weight excluding hydrogens is 283 g/mol. The smallest absolute Gasteiger partial charge is 0.239 e. The van der Waals surface area contributed by atoms with E-state index in [0.29, 0.717) is 18.4 Å². The molecule has 3 N–H and O–H groups in total. The van der Waals surface area contributed by atoms with E-state index in [4.69, 9.17) is 10.5 Å². The van der Waals surface area contributed by atoms with Crippen molar-refractivity contribution in [3.63, 3.8) is 0 Å². The fourth-order valence-electron chi connectivity index (χ4n) is 1.62. The normalized spacial score (nSPS) is 10.5. The molecule has 0 fully saturated rings. The molecule has 1 heterocycles. The zero-order valence-corrected chi connectivity index (χ0v) is 11.3. The number of halogens is 3. The van der Waals surface area contributed by atoms with E-state index in [1.807, 2.05) is 6.92 Å². The molecule has 0 aliphatic carbocycles. The third-order valence-corrected chi connectivity index (χ3v) is 2.59. The van der Waals surface area contributed by atoms with Crippen LogP contribution in [-0.4, -0.2) is 11.6 Å².